The molecule has 1 N–H and O–H groups in total. The van der Waals surface area contributed by atoms with Crippen molar-refractivity contribution in [1.82, 2.24) is 14.6 Å². The van der Waals surface area contributed by atoms with Gasteiger partial charge in [-0.2, -0.15) is 18.3 Å². The highest BCUT2D eigenvalue weighted by molar-refractivity contribution is 5.79. The number of hydrogen-bond acceptors (Lipinski definition) is 3. The maximum absolute atomic E-state index is 13.2. The van der Waals surface area contributed by atoms with Crippen LogP contribution in [0, 0.1) is 11.8 Å². The van der Waals surface area contributed by atoms with Gasteiger partial charge in [0.25, 0.3) is 0 Å². The fraction of sp³-hybridized carbons (Fsp3) is 0.241. The van der Waals surface area contributed by atoms with E-state index < -0.39 is 11.7 Å². The second kappa shape index (κ2) is 9.54. The first-order chi connectivity index (χ1) is 17.0. The van der Waals surface area contributed by atoms with Gasteiger partial charge in [0.15, 0.2) is 5.65 Å². The number of anilines is 1. The van der Waals surface area contributed by atoms with Crippen molar-refractivity contribution >= 4 is 17.0 Å². The van der Waals surface area contributed by atoms with Crippen LogP contribution in [0.2, 0.25) is 0 Å². The Labute approximate surface area is 208 Å². The van der Waals surface area contributed by atoms with Crippen LogP contribution in [0.1, 0.15) is 61.2 Å². The van der Waals surface area contributed by atoms with Crippen molar-refractivity contribution in [3.63, 3.8) is 0 Å². The predicted octanol–water partition coefficient (Wildman–Crippen LogP) is 7.09. The van der Waals surface area contributed by atoms with E-state index in [0.29, 0.717) is 29.1 Å². The van der Waals surface area contributed by atoms with Crippen molar-refractivity contribution in [2.24, 2.45) is 0 Å². The number of nitrogens with zero attached hydrogens (tertiary/aromatic N) is 3. The summed E-state index contributed by atoms with van der Waals surface area (Å²) in [7, 11) is 0. The van der Waals surface area contributed by atoms with Crippen LogP contribution in [0.15, 0.2) is 67.5 Å². The van der Waals surface area contributed by atoms with Gasteiger partial charge < -0.3 is 5.32 Å². The zero-order valence-corrected chi connectivity index (χ0v) is 20.7. The molecule has 2 aromatic heterocycles. The molecule has 0 atom stereocenters. The van der Waals surface area contributed by atoms with Gasteiger partial charge >= 0.3 is 6.18 Å². The average molecular weight is 489 g/mol. The van der Waals surface area contributed by atoms with Gasteiger partial charge in [0.1, 0.15) is 5.69 Å². The first-order valence-electron chi connectivity index (χ1n) is 11.6. The highest BCUT2D eigenvalue weighted by atomic mass is 19.4. The first-order valence-corrected chi connectivity index (χ1v) is 11.6. The van der Waals surface area contributed by atoms with Crippen LogP contribution in [0.5, 0.6) is 0 Å². The molecule has 2 heterocycles. The zero-order valence-electron chi connectivity index (χ0n) is 20.7. The summed E-state index contributed by atoms with van der Waals surface area (Å²) >= 11 is 0. The number of halogens is 3. The molecule has 0 aliphatic heterocycles. The van der Waals surface area contributed by atoms with E-state index in [0.717, 1.165) is 34.4 Å². The first kappa shape index (κ1) is 25.1. The minimum Gasteiger partial charge on any atom is -0.356 e. The summed E-state index contributed by atoms with van der Waals surface area (Å²) in [6.07, 6.45) is -0.382. The quantitative estimate of drug-likeness (QED) is 0.312. The predicted molar refractivity (Wildman–Crippen MR) is 138 cm³/mol. The molecule has 0 saturated carbocycles. The minimum atomic E-state index is -4.42. The van der Waals surface area contributed by atoms with E-state index in [9.17, 15) is 13.2 Å². The van der Waals surface area contributed by atoms with E-state index in [1.54, 1.807) is 23.0 Å². The fourth-order valence-electron chi connectivity index (χ4n) is 4.12. The maximum Gasteiger partial charge on any atom is 0.416 e. The van der Waals surface area contributed by atoms with Crippen LogP contribution in [0.25, 0.3) is 11.3 Å². The SMILES string of the molecule is C=C(Nc1cccc(C(F)(F)F)c1)c1ccc(C(C)(C)C)c(C#Cc2cnc3cccnn23)c1CC. The lowest BCUT2D eigenvalue weighted by Gasteiger charge is -2.25. The topological polar surface area (TPSA) is 42.2 Å². The number of alkyl halides is 3. The molecule has 0 bridgehead atoms. The molecule has 36 heavy (non-hydrogen) atoms. The highest BCUT2D eigenvalue weighted by Crippen LogP contribution is 2.34. The number of rotatable bonds is 4. The fourth-order valence-corrected chi connectivity index (χ4v) is 4.12. The van der Waals surface area contributed by atoms with Gasteiger partial charge in [-0.15, -0.1) is 0 Å². The van der Waals surface area contributed by atoms with E-state index in [-0.39, 0.29) is 5.41 Å². The van der Waals surface area contributed by atoms with E-state index in [4.69, 9.17) is 0 Å². The van der Waals surface area contributed by atoms with E-state index >= 15 is 0 Å². The van der Waals surface area contributed by atoms with Crippen molar-refractivity contribution in [3.8, 4) is 11.8 Å². The van der Waals surface area contributed by atoms with Crippen LogP contribution < -0.4 is 5.32 Å². The molecule has 184 valence electrons. The van der Waals surface area contributed by atoms with E-state index in [1.807, 2.05) is 31.2 Å². The molecule has 4 aromatic rings. The van der Waals surface area contributed by atoms with Crippen LogP contribution in [-0.2, 0) is 18.0 Å². The van der Waals surface area contributed by atoms with Gasteiger partial charge in [-0.05, 0) is 59.2 Å². The number of hydrogen-bond donors (Lipinski definition) is 1. The Morgan fingerprint density at radius 2 is 1.83 bits per heavy atom. The zero-order chi connectivity index (χ0) is 26.1. The van der Waals surface area contributed by atoms with E-state index in [1.165, 1.54) is 6.07 Å². The van der Waals surface area contributed by atoms with Gasteiger partial charge in [0.05, 0.1) is 11.8 Å². The smallest absolute Gasteiger partial charge is 0.356 e. The molecule has 0 aliphatic rings. The highest BCUT2D eigenvalue weighted by Gasteiger charge is 2.30. The molecule has 7 heteroatoms. The van der Waals surface area contributed by atoms with Gasteiger partial charge in [0, 0.05) is 28.7 Å². The van der Waals surface area contributed by atoms with Crippen molar-refractivity contribution in [3.05, 3.63) is 101 Å². The summed E-state index contributed by atoms with van der Waals surface area (Å²) in [6, 6.07) is 12.8. The number of aromatic nitrogens is 3. The minimum absolute atomic E-state index is 0.181. The van der Waals surface area contributed by atoms with Crippen molar-refractivity contribution < 1.29 is 13.2 Å². The number of benzene rings is 2. The number of imidazole rings is 1. The molecule has 0 amide bonds. The largest absolute Gasteiger partial charge is 0.416 e. The number of nitrogens with one attached hydrogen (secondary N) is 1. The Kier molecular flexibility index (Phi) is 6.64. The lowest BCUT2D eigenvalue weighted by molar-refractivity contribution is -0.137. The van der Waals surface area contributed by atoms with Gasteiger partial charge in [-0.25, -0.2) is 9.50 Å². The van der Waals surface area contributed by atoms with Crippen molar-refractivity contribution in [2.45, 2.75) is 45.7 Å². The molecule has 4 rings (SSSR count). The average Bonchev–Trinajstić information content (AvgIpc) is 3.24. The molecular formula is C29H27F3N4. The Morgan fingerprint density at radius 3 is 2.53 bits per heavy atom. The third-order valence-electron chi connectivity index (χ3n) is 5.88. The standard InChI is InChI=1S/C29H27F3N4/c1-6-23-24(19(2)35-21-10-7-9-20(17-21)29(30,31)32)14-15-26(28(3,4)5)25(23)13-12-22-18-33-27-11-8-16-34-36(22)27/h7-11,14-18,35H,2,6H2,1,3-5H3. The molecule has 0 radical (unpaired) electrons. The van der Waals surface area contributed by atoms with Crippen molar-refractivity contribution in [2.75, 3.05) is 5.32 Å². The third-order valence-corrected chi connectivity index (χ3v) is 5.88. The second-order valence-electron chi connectivity index (χ2n) is 9.49. The Morgan fingerprint density at radius 1 is 1.06 bits per heavy atom. The van der Waals surface area contributed by atoms with Gasteiger partial charge in [0.2, 0.25) is 0 Å². The summed E-state index contributed by atoms with van der Waals surface area (Å²) < 4.78 is 41.2. The molecule has 2 aromatic carbocycles. The molecule has 0 spiro atoms. The second-order valence-corrected chi connectivity index (χ2v) is 9.49. The summed E-state index contributed by atoms with van der Waals surface area (Å²) in [5.41, 5.74) is 5.04. The normalized spacial score (nSPS) is 11.8. The summed E-state index contributed by atoms with van der Waals surface area (Å²) in [6.45, 7) is 12.5. The lowest BCUT2D eigenvalue weighted by atomic mass is 9.80. The lowest BCUT2D eigenvalue weighted by Crippen LogP contribution is -2.16. The molecule has 0 unspecified atom stereocenters. The molecule has 0 aliphatic carbocycles. The van der Waals surface area contributed by atoms with Gasteiger partial charge in [-0.3, -0.25) is 0 Å². The monoisotopic (exact) mass is 488 g/mol. The summed E-state index contributed by atoms with van der Waals surface area (Å²) in [5, 5.41) is 7.39. The molecule has 4 nitrogen and oxygen atoms in total. The Bertz CT molecular complexity index is 1490. The Hall–Kier alpha value is -4.05. The third kappa shape index (κ3) is 5.13. The summed E-state index contributed by atoms with van der Waals surface area (Å²) in [4.78, 5) is 4.36. The molecule has 0 fully saturated rings. The van der Waals surface area contributed by atoms with Crippen LogP contribution in [-0.4, -0.2) is 14.6 Å². The molecular weight excluding hydrogens is 461 g/mol. The Balaban J connectivity index is 1.78. The maximum atomic E-state index is 13.2. The van der Waals surface area contributed by atoms with Crippen LogP contribution in [0.4, 0.5) is 18.9 Å². The van der Waals surface area contributed by atoms with E-state index in [2.05, 4.69) is 54.6 Å². The van der Waals surface area contributed by atoms with Gasteiger partial charge in [-0.1, -0.05) is 58.4 Å². The summed E-state index contributed by atoms with van der Waals surface area (Å²) in [5.74, 6) is 6.58. The van der Waals surface area contributed by atoms with Crippen molar-refractivity contribution in [1.29, 1.82) is 0 Å². The van der Waals surface area contributed by atoms with Crippen LogP contribution >= 0.6 is 0 Å². The van der Waals surface area contributed by atoms with Crippen LogP contribution in [0.3, 0.4) is 0 Å². The number of fused-ring (bicyclic) bond motifs is 1. The molecule has 0 saturated heterocycles.